The highest BCUT2D eigenvalue weighted by Crippen LogP contribution is 2.32. The number of sulfonamides is 1. The number of halogens is 1. The summed E-state index contributed by atoms with van der Waals surface area (Å²) >= 11 is 0. The molecular formula is C22H29IN4O4S. The molecule has 0 fully saturated rings. The second kappa shape index (κ2) is 11.1. The second-order valence-electron chi connectivity index (χ2n) is 7.39. The lowest BCUT2D eigenvalue weighted by Crippen LogP contribution is -2.39. The first-order valence-corrected chi connectivity index (χ1v) is 12.2. The van der Waals surface area contributed by atoms with Crippen molar-refractivity contribution in [3.05, 3.63) is 53.6 Å². The fourth-order valence-corrected chi connectivity index (χ4v) is 5.13. The van der Waals surface area contributed by atoms with E-state index in [-0.39, 0.29) is 43.1 Å². The van der Waals surface area contributed by atoms with Crippen LogP contribution in [0.5, 0.6) is 11.5 Å². The quantitative estimate of drug-likeness (QED) is 0.287. The largest absolute Gasteiger partial charge is 0.454 e. The minimum Gasteiger partial charge on any atom is -0.454 e. The van der Waals surface area contributed by atoms with Crippen LogP contribution in [0.15, 0.2) is 47.5 Å². The average Bonchev–Trinajstić information content (AvgIpc) is 3.40. The average molecular weight is 572 g/mol. The van der Waals surface area contributed by atoms with Crippen LogP contribution in [0.4, 0.5) is 5.69 Å². The highest BCUT2D eigenvalue weighted by atomic mass is 127. The van der Waals surface area contributed by atoms with E-state index in [1.54, 1.807) is 0 Å². The Balaban J connectivity index is 0.00000289. The van der Waals surface area contributed by atoms with E-state index in [1.807, 2.05) is 49.4 Å². The second-order valence-corrected chi connectivity index (χ2v) is 9.40. The molecule has 0 aliphatic carbocycles. The SMILES string of the molecule is CCNC(=NCCS(=O)(=O)N1CCc2ccccc21)NCCc1ccc2c(c1)OCO2.I. The van der Waals surface area contributed by atoms with Gasteiger partial charge in [-0.1, -0.05) is 24.3 Å². The smallest absolute Gasteiger partial charge is 0.237 e. The van der Waals surface area contributed by atoms with Crippen LogP contribution < -0.4 is 24.4 Å². The van der Waals surface area contributed by atoms with Crippen molar-refractivity contribution < 1.29 is 17.9 Å². The molecule has 2 heterocycles. The van der Waals surface area contributed by atoms with E-state index in [0.29, 0.717) is 25.6 Å². The van der Waals surface area contributed by atoms with Crippen LogP contribution in [0.2, 0.25) is 0 Å². The molecule has 0 bridgehead atoms. The van der Waals surface area contributed by atoms with Gasteiger partial charge in [0.15, 0.2) is 17.5 Å². The van der Waals surface area contributed by atoms with Crippen molar-refractivity contribution in [2.45, 2.75) is 19.8 Å². The van der Waals surface area contributed by atoms with E-state index < -0.39 is 10.0 Å². The summed E-state index contributed by atoms with van der Waals surface area (Å²) in [6, 6.07) is 13.6. The number of guanidine groups is 1. The van der Waals surface area contributed by atoms with E-state index in [9.17, 15) is 8.42 Å². The Morgan fingerprint density at radius 3 is 2.78 bits per heavy atom. The van der Waals surface area contributed by atoms with Gasteiger partial charge >= 0.3 is 0 Å². The number of nitrogens with zero attached hydrogens (tertiary/aromatic N) is 2. The third-order valence-corrected chi connectivity index (χ3v) is 7.04. The summed E-state index contributed by atoms with van der Waals surface area (Å²) in [6.45, 7) is 4.30. The van der Waals surface area contributed by atoms with Crippen molar-refractivity contribution in [3.63, 3.8) is 0 Å². The number of benzene rings is 2. The van der Waals surface area contributed by atoms with Crippen LogP contribution in [0.25, 0.3) is 0 Å². The fraction of sp³-hybridized carbons (Fsp3) is 0.409. The first-order chi connectivity index (χ1) is 15.1. The topological polar surface area (TPSA) is 92.3 Å². The van der Waals surface area contributed by atoms with E-state index in [4.69, 9.17) is 9.47 Å². The lowest BCUT2D eigenvalue weighted by Gasteiger charge is -2.19. The van der Waals surface area contributed by atoms with E-state index in [2.05, 4.69) is 15.6 Å². The van der Waals surface area contributed by atoms with Gasteiger partial charge in [0.25, 0.3) is 0 Å². The van der Waals surface area contributed by atoms with E-state index in [0.717, 1.165) is 41.2 Å². The summed E-state index contributed by atoms with van der Waals surface area (Å²) in [5.41, 5.74) is 3.00. The molecule has 174 valence electrons. The van der Waals surface area contributed by atoms with Gasteiger partial charge in [-0.2, -0.15) is 0 Å². The summed E-state index contributed by atoms with van der Waals surface area (Å²) in [6.07, 6.45) is 1.53. The lowest BCUT2D eigenvalue weighted by atomic mass is 10.1. The number of hydrogen-bond acceptors (Lipinski definition) is 5. The summed E-state index contributed by atoms with van der Waals surface area (Å²) in [5, 5.41) is 6.43. The lowest BCUT2D eigenvalue weighted by molar-refractivity contribution is 0.174. The maximum Gasteiger partial charge on any atom is 0.237 e. The van der Waals surface area contributed by atoms with Crippen LogP contribution >= 0.6 is 24.0 Å². The third kappa shape index (κ3) is 5.77. The molecule has 32 heavy (non-hydrogen) atoms. The number of rotatable bonds is 8. The van der Waals surface area contributed by atoms with Gasteiger partial charge in [-0.05, 0) is 49.1 Å². The molecule has 0 atom stereocenters. The van der Waals surface area contributed by atoms with Crippen LogP contribution in [0.3, 0.4) is 0 Å². The van der Waals surface area contributed by atoms with Gasteiger partial charge in [0, 0.05) is 19.6 Å². The Kier molecular flexibility index (Phi) is 8.46. The van der Waals surface area contributed by atoms with Crippen molar-refractivity contribution >= 4 is 45.6 Å². The molecule has 2 aromatic rings. The van der Waals surface area contributed by atoms with Crippen molar-refractivity contribution in [2.24, 2.45) is 4.99 Å². The molecule has 8 nitrogen and oxygen atoms in total. The van der Waals surface area contributed by atoms with Crippen LogP contribution in [-0.2, 0) is 22.9 Å². The van der Waals surface area contributed by atoms with Crippen molar-refractivity contribution in [1.29, 1.82) is 0 Å². The Labute approximate surface area is 206 Å². The molecule has 4 rings (SSSR count). The molecule has 2 aliphatic rings. The van der Waals surface area contributed by atoms with Crippen LogP contribution in [-0.4, -0.2) is 53.1 Å². The normalized spacial score (nSPS) is 14.7. The van der Waals surface area contributed by atoms with Crippen LogP contribution in [0, 0.1) is 0 Å². The molecule has 0 radical (unpaired) electrons. The predicted octanol–water partition coefficient (Wildman–Crippen LogP) is 2.52. The van der Waals surface area contributed by atoms with Crippen molar-refractivity contribution in [2.75, 3.05) is 43.0 Å². The summed E-state index contributed by atoms with van der Waals surface area (Å²) in [4.78, 5) is 4.46. The number of fused-ring (bicyclic) bond motifs is 2. The van der Waals surface area contributed by atoms with Gasteiger partial charge in [-0.3, -0.25) is 9.30 Å². The number of para-hydroxylation sites is 1. The number of anilines is 1. The first-order valence-electron chi connectivity index (χ1n) is 10.6. The molecule has 0 unspecified atom stereocenters. The van der Waals surface area contributed by atoms with Gasteiger partial charge < -0.3 is 20.1 Å². The Hall–Kier alpha value is -2.21. The van der Waals surface area contributed by atoms with Gasteiger partial charge in [0.2, 0.25) is 16.8 Å². The fourth-order valence-electron chi connectivity index (χ4n) is 3.74. The van der Waals surface area contributed by atoms with Gasteiger partial charge in [0.05, 0.1) is 18.0 Å². The summed E-state index contributed by atoms with van der Waals surface area (Å²) < 4.78 is 37.9. The number of aliphatic imine (C=N–C) groups is 1. The van der Waals surface area contributed by atoms with Crippen LogP contribution in [0.1, 0.15) is 18.1 Å². The first kappa shape index (κ1) is 24.4. The molecule has 0 saturated carbocycles. The standard InChI is InChI=1S/C22H28N4O4S.HI/c1-2-23-22(24-11-9-17-7-8-20-21(15-17)30-16-29-20)25-12-14-31(27,28)26-13-10-18-5-3-4-6-19(18)26;/h3-8,15H,2,9-14,16H2,1H3,(H2,23,24,25);1H. The number of ether oxygens (including phenoxy) is 2. The zero-order valence-electron chi connectivity index (χ0n) is 18.0. The van der Waals surface area contributed by atoms with Gasteiger partial charge in [-0.15, -0.1) is 24.0 Å². The van der Waals surface area contributed by atoms with Gasteiger partial charge in [-0.25, -0.2) is 8.42 Å². The highest BCUT2D eigenvalue weighted by Gasteiger charge is 2.28. The van der Waals surface area contributed by atoms with E-state index in [1.165, 1.54) is 4.31 Å². The minimum absolute atomic E-state index is 0. The molecular weight excluding hydrogens is 543 g/mol. The maximum atomic E-state index is 12.8. The molecule has 0 spiro atoms. The van der Waals surface area contributed by atoms with Crippen molar-refractivity contribution in [1.82, 2.24) is 10.6 Å². The maximum absolute atomic E-state index is 12.8. The monoisotopic (exact) mass is 572 g/mol. The molecule has 2 aromatic carbocycles. The summed E-state index contributed by atoms with van der Waals surface area (Å²) in [7, 11) is -3.41. The van der Waals surface area contributed by atoms with E-state index >= 15 is 0 Å². The number of hydrogen-bond donors (Lipinski definition) is 2. The molecule has 10 heteroatoms. The molecule has 0 amide bonds. The third-order valence-electron chi connectivity index (χ3n) is 5.29. The predicted molar refractivity (Wildman–Crippen MR) is 137 cm³/mol. The molecule has 0 saturated heterocycles. The molecule has 0 aromatic heterocycles. The van der Waals surface area contributed by atoms with Crippen molar-refractivity contribution in [3.8, 4) is 11.5 Å². The molecule has 2 aliphatic heterocycles. The zero-order chi connectivity index (χ0) is 21.7. The highest BCUT2D eigenvalue weighted by molar-refractivity contribution is 14.0. The molecule has 2 N–H and O–H groups in total. The Morgan fingerprint density at radius 1 is 1.12 bits per heavy atom. The zero-order valence-corrected chi connectivity index (χ0v) is 21.2. The Bertz CT molecular complexity index is 1060. The summed E-state index contributed by atoms with van der Waals surface area (Å²) in [5.74, 6) is 2.13. The Morgan fingerprint density at radius 2 is 1.94 bits per heavy atom. The van der Waals surface area contributed by atoms with Gasteiger partial charge in [0.1, 0.15) is 0 Å². The minimum atomic E-state index is -3.41. The number of nitrogens with one attached hydrogen (secondary N) is 2.